The minimum absolute atomic E-state index is 1.13. The van der Waals surface area contributed by atoms with Crippen LogP contribution in [0.1, 0.15) is 4.88 Å². The van der Waals surface area contributed by atoms with E-state index in [0.717, 1.165) is 18.8 Å². The number of aryl methyl sites for hydroxylation is 1. The first-order valence-electron chi connectivity index (χ1n) is 6.20. The minimum atomic E-state index is 1.13. The van der Waals surface area contributed by atoms with Gasteiger partial charge in [-0.25, -0.2) is 4.98 Å². The highest BCUT2D eigenvalue weighted by Gasteiger charge is 2.17. The number of thioether (sulfide) groups is 1. The summed E-state index contributed by atoms with van der Waals surface area (Å²) in [5.74, 6) is 2.44. The van der Waals surface area contributed by atoms with Gasteiger partial charge in [0.25, 0.3) is 0 Å². The highest BCUT2D eigenvalue weighted by Crippen LogP contribution is 2.33. The van der Waals surface area contributed by atoms with Crippen molar-refractivity contribution in [2.45, 2.75) is 6.92 Å². The number of benzene rings is 1. The maximum Gasteiger partial charge on any atom is 0.186 e. The molecule has 0 atom stereocenters. The van der Waals surface area contributed by atoms with Crippen LogP contribution in [0.4, 0.5) is 5.13 Å². The van der Waals surface area contributed by atoms with Gasteiger partial charge in [-0.15, -0.1) is 11.3 Å². The molecule has 0 saturated carbocycles. The molecule has 1 fully saturated rings. The summed E-state index contributed by atoms with van der Waals surface area (Å²) in [6.45, 7) is 4.43. The van der Waals surface area contributed by atoms with Gasteiger partial charge in [0.2, 0.25) is 0 Å². The van der Waals surface area contributed by atoms with E-state index in [1.54, 1.807) is 0 Å². The summed E-state index contributed by atoms with van der Waals surface area (Å²) in [4.78, 5) is 8.57. The van der Waals surface area contributed by atoms with E-state index in [2.05, 4.69) is 36.1 Å². The Kier molecular flexibility index (Phi) is 3.57. The predicted octanol–water partition coefficient (Wildman–Crippen LogP) is 3.67. The third kappa shape index (κ3) is 2.40. The van der Waals surface area contributed by atoms with Crippen LogP contribution in [0.5, 0.6) is 0 Å². The van der Waals surface area contributed by atoms with Crippen molar-refractivity contribution >= 4 is 28.2 Å². The monoisotopic (exact) mass is 276 g/mol. The van der Waals surface area contributed by atoms with Crippen LogP contribution >= 0.6 is 23.1 Å². The van der Waals surface area contributed by atoms with Crippen LogP contribution in [0.3, 0.4) is 0 Å². The van der Waals surface area contributed by atoms with Crippen LogP contribution in [0.2, 0.25) is 0 Å². The Morgan fingerprint density at radius 2 is 1.83 bits per heavy atom. The number of rotatable bonds is 2. The summed E-state index contributed by atoms with van der Waals surface area (Å²) in [5.41, 5.74) is 2.37. The van der Waals surface area contributed by atoms with Gasteiger partial charge in [-0.3, -0.25) is 0 Å². The van der Waals surface area contributed by atoms with E-state index in [1.165, 1.54) is 27.1 Å². The van der Waals surface area contributed by atoms with Crippen molar-refractivity contribution in [1.29, 1.82) is 0 Å². The molecule has 0 bridgehead atoms. The molecule has 3 rings (SSSR count). The number of hydrogen-bond acceptors (Lipinski definition) is 4. The Bertz CT molecular complexity index is 516. The smallest absolute Gasteiger partial charge is 0.186 e. The molecule has 1 saturated heterocycles. The summed E-state index contributed by atoms with van der Waals surface area (Å²) in [6.07, 6.45) is 0. The molecule has 0 aliphatic carbocycles. The topological polar surface area (TPSA) is 16.1 Å². The Labute approximate surface area is 116 Å². The lowest BCUT2D eigenvalue weighted by Gasteiger charge is -2.25. The molecule has 0 spiro atoms. The largest absolute Gasteiger partial charge is 0.346 e. The van der Waals surface area contributed by atoms with Gasteiger partial charge in [-0.1, -0.05) is 30.3 Å². The zero-order chi connectivity index (χ0) is 12.4. The zero-order valence-electron chi connectivity index (χ0n) is 10.4. The molecule has 1 aliphatic rings. The highest BCUT2D eigenvalue weighted by molar-refractivity contribution is 7.99. The van der Waals surface area contributed by atoms with Crippen molar-refractivity contribution < 1.29 is 0 Å². The van der Waals surface area contributed by atoms with Gasteiger partial charge in [0.15, 0.2) is 5.13 Å². The lowest BCUT2D eigenvalue weighted by molar-refractivity contribution is 0.853. The molecule has 2 aromatic rings. The van der Waals surface area contributed by atoms with Crippen LogP contribution in [-0.2, 0) is 0 Å². The van der Waals surface area contributed by atoms with Crippen molar-refractivity contribution in [3.05, 3.63) is 35.2 Å². The molecular weight excluding hydrogens is 260 g/mol. The Morgan fingerprint density at radius 1 is 1.11 bits per heavy atom. The first-order chi connectivity index (χ1) is 8.84. The predicted molar refractivity (Wildman–Crippen MR) is 81.8 cm³/mol. The first-order valence-corrected chi connectivity index (χ1v) is 8.17. The molecule has 1 aromatic heterocycles. The van der Waals surface area contributed by atoms with Gasteiger partial charge in [-0.2, -0.15) is 11.8 Å². The standard InChI is InChI=1S/C14H16N2S2/c1-11-13(12-5-3-2-4-6-12)15-14(18-11)16-7-9-17-10-8-16/h2-6H,7-10H2,1H3. The Hall–Kier alpha value is -1.00. The maximum atomic E-state index is 4.84. The van der Waals surface area contributed by atoms with Gasteiger partial charge >= 0.3 is 0 Å². The zero-order valence-corrected chi connectivity index (χ0v) is 12.1. The molecule has 0 amide bonds. The maximum absolute atomic E-state index is 4.84. The summed E-state index contributed by atoms with van der Waals surface area (Å²) in [7, 11) is 0. The number of anilines is 1. The molecule has 1 aromatic carbocycles. The number of thiazole rings is 1. The fraction of sp³-hybridized carbons (Fsp3) is 0.357. The average Bonchev–Trinajstić information content (AvgIpc) is 2.83. The van der Waals surface area contributed by atoms with Crippen LogP contribution in [0.15, 0.2) is 30.3 Å². The van der Waals surface area contributed by atoms with E-state index in [4.69, 9.17) is 4.98 Å². The fourth-order valence-electron chi connectivity index (χ4n) is 2.14. The van der Waals surface area contributed by atoms with Crippen LogP contribution in [0.25, 0.3) is 11.3 Å². The van der Waals surface area contributed by atoms with Crippen LogP contribution in [0, 0.1) is 6.92 Å². The van der Waals surface area contributed by atoms with Crippen molar-refractivity contribution in [2.24, 2.45) is 0 Å². The number of aromatic nitrogens is 1. The van der Waals surface area contributed by atoms with Crippen molar-refractivity contribution in [3.8, 4) is 11.3 Å². The summed E-state index contributed by atoms with van der Waals surface area (Å²) in [6, 6.07) is 10.5. The molecule has 2 nitrogen and oxygen atoms in total. The summed E-state index contributed by atoms with van der Waals surface area (Å²) in [5, 5.41) is 1.19. The van der Waals surface area contributed by atoms with Crippen LogP contribution in [-0.4, -0.2) is 29.6 Å². The Morgan fingerprint density at radius 3 is 2.56 bits per heavy atom. The number of nitrogens with zero attached hydrogens (tertiary/aromatic N) is 2. The van der Waals surface area contributed by atoms with E-state index in [-0.39, 0.29) is 0 Å². The minimum Gasteiger partial charge on any atom is -0.346 e. The second kappa shape index (κ2) is 5.33. The average molecular weight is 276 g/mol. The second-order valence-corrected chi connectivity index (χ2v) is 6.77. The molecule has 4 heteroatoms. The molecule has 0 unspecified atom stereocenters. The van der Waals surface area contributed by atoms with Gasteiger partial charge in [0.05, 0.1) is 5.69 Å². The molecular formula is C14H16N2S2. The van der Waals surface area contributed by atoms with Gasteiger partial charge in [-0.05, 0) is 6.92 Å². The quantitative estimate of drug-likeness (QED) is 0.832. The third-order valence-corrected chi connectivity index (χ3v) is 5.09. The number of hydrogen-bond donors (Lipinski definition) is 0. The van der Waals surface area contributed by atoms with Gasteiger partial charge < -0.3 is 4.90 Å². The van der Waals surface area contributed by atoms with Crippen LogP contribution < -0.4 is 4.90 Å². The van der Waals surface area contributed by atoms with Gasteiger partial charge in [0, 0.05) is 35.0 Å². The fourth-order valence-corrected chi connectivity index (χ4v) is 4.02. The molecule has 1 aliphatic heterocycles. The van der Waals surface area contributed by atoms with E-state index < -0.39 is 0 Å². The molecule has 94 valence electrons. The highest BCUT2D eigenvalue weighted by atomic mass is 32.2. The van der Waals surface area contributed by atoms with E-state index in [9.17, 15) is 0 Å². The Balaban J connectivity index is 1.91. The normalized spacial score (nSPS) is 15.9. The lowest BCUT2D eigenvalue weighted by atomic mass is 10.1. The SMILES string of the molecule is Cc1sc(N2CCSCC2)nc1-c1ccccc1. The van der Waals surface area contributed by atoms with E-state index >= 15 is 0 Å². The van der Waals surface area contributed by atoms with Crippen molar-refractivity contribution in [3.63, 3.8) is 0 Å². The molecule has 18 heavy (non-hydrogen) atoms. The second-order valence-electron chi connectivity index (χ2n) is 4.37. The van der Waals surface area contributed by atoms with E-state index in [0.29, 0.717) is 0 Å². The summed E-state index contributed by atoms with van der Waals surface area (Å²) >= 11 is 3.86. The van der Waals surface area contributed by atoms with Gasteiger partial charge in [0.1, 0.15) is 0 Å². The lowest BCUT2D eigenvalue weighted by Crippen LogP contribution is -2.32. The molecule has 2 heterocycles. The third-order valence-electron chi connectivity index (χ3n) is 3.11. The summed E-state index contributed by atoms with van der Waals surface area (Å²) < 4.78 is 0. The molecule has 0 radical (unpaired) electrons. The van der Waals surface area contributed by atoms with Crippen molar-refractivity contribution in [2.75, 3.05) is 29.5 Å². The van der Waals surface area contributed by atoms with E-state index in [1.807, 2.05) is 29.2 Å². The van der Waals surface area contributed by atoms with Crippen molar-refractivity contribution in [1.82, 2.24) is 4.98 Å². The molecule has 0 N–H and O–H groups in total. The first kappa shape index (κ1) is 12.1.